The maximum atomic E-state index is 13.5. The van der Waals surface area contributed by atoms with Gasteiger partial charge in [-0.2, -0.15) is 0 Å². The Balaban J connectivity index is 1.54. The van der Waals surface area contributed by atoms with E-state index in [9.17, 15) is 14.9 Å². The van der Waals surface area contributed by atoms with Crippen molar-refractivity contribution in [2.75, 3.05) is 5.32 Å². The summed E-state index contributed by atoms with van der Waals surface area (Å²) >= 11 is 0. The lowest BCUT2D eigenvalue weighted by atomic mass is 9.52. The minimum atomic E-state index is -0.602. The van der Waals surface area contributed by atoms with Crippen LogP contribution in [0.25, 0.3) is 0 Å². The molecule has 0 radical (unpaired) electrons. The van der Waals surface area contributed by atoms with Crippen molar-refractivity contribution in [2.45, 2.75) is 25.2 Å². The third-order valence-corrected chi connectivity index (χ3v) is 6.48. The second-order valence-corrected chi connectivity index (χ2v) is 8.12. The summed E-state index contributed by atoms with van der Waals surface area (Å²) in [4.78, 5) is 23.9. The summed E-state index contributed by atoms with van der Waals surface area (Å²) < 4.78 is 0. The quantitative estimate of drug-likeness (QED) is 0.497. The van der Waals surface area contributed by atoms with Gasteiger partial charge in [0.15, 0.2) is 0 Å². The normalized spacial score (nSPS) is 23.8. The van der Waals surface area contributed by atoms with Gasteiger partial charge in [-0.15, -0.1) is 0 Å². The fraction of sp³-hybridized carbons (Fsp3) is 0.208. The number of amides is 1. The van der Waals surface area contributed by atoms with Crippen LogP contribution in [0.2, 0.25) is 0 Å². The lowest BCUT2D eigenvalue weighted by Gasteiger charge is -2.50. The third-order valence-electron chi connectivity index (χ3n) is 6.48. The summed E-state index contributed by atoms with van der Waals surface area (Å²) in [6.45, 7) is 2.04. The van der Waals surface area contributed by atoms with Gasteiger partial charge >= 0.3 is 0 Å². The lowest BCUT2D eigenvalue weighted by Crippen LogP contribution is -2.47. The largest absolute Gasteiger partial charge is 0.326 e. The van der Waals surface area contributed by atoms with Crippen LogP contribution in [0, 0.1) is 15.5 Å². The third kappa shape index (κ3) is 2.58. The molecule has 29 heavy (non-hydrogen) atoms. The molecule has 3 aromatic carbocycles. The van der Waals surface area contributed by atoms with E-state index >= 15 is 0 Å². The Kier molecular flexibility index (Phi) is 3.81. The second kappa shape index (κ2) is 6.27. The Hall–Kier alpha value is -3.47. The van der Waals surface area contributed by atoms with Crippen molar-refractivity contribution in [3.63, 3.8) is 0 Å². The number of carbonyl (C=O) groups is 1. The van der Waals surface area contributed by atoms with Crippen molar-refractivity contribution in [1.82, 2.24) is 0 Å². The highest BCUT2D eigenvalue weighted by molar-refractivity contribution is 5.97. The van der Waals surface area contributed by atoms with Gasteiger partial charge in [0.1, 0.15) is 0 Å². The molecule has 144 valence electrons. The molecule has 2 bridgehead atoms. The van der Waals surface area contributed by atoms with Crippen LogP contribution in [0.3, 0.4) is 0 Å². The number of hydrogen-bond acceptors (Lipinski definition) is 3. The number of nitrogens with zero attached hydrogens (tertiary/aromatic N) is 1. The molecule has 3 aliphatic rings. The molecule has 3 aliphatic carbocycles. The first-order chi connectivity index (χ1) is 14.0. The van der Waals surface area contributed by atoms with E-state index in [2.05, 4.69) is 41.7 Å². The van der Waals surface area contributed by atoms with E-state index in [1.807, 2.05) is 19.1 Å². The van der Waals surface area contributed by atoms with Crippen LogP contribution < -0.4 is 5.32 Å². The molecule has 5 heteroatoms. The number of fused-ring (bicyclic) bond motifs is 1. The van der Waals surface area contributed by atoms with Gasteiger partial charge in [-0.1, -0.05) is 48.5 Å². The molecule has 0 unspecified atom stereocenters. The molecule has 5 nitrogen and oxygen atoms in total. The van der Waals surface area contributed by atoms with Crippen LogP contribution in [0.4, 0.5) is 11.4 Å². The average Bonchev–Trinajstić information content (AvgIpc) is 2.74. The van der Waals surface area contributed by atoms with Gasteiger partial charge in [-0.3, -0.25) is 14.9 Å². The van der Waals surface area contributed by atoms with Gasteiger partial charge in [0.25, 0.3) is 5.69 Å². The van der Waals surface area contributed by atoms with Crippen molar-refractivity contribution in [3.05, 3.63) is 105 Å². The highest BCUT2D eigenvalue weighted by Crippen LogP contribution is 2.61. The average molecular weight is 384 g/mol. The number of nitro benzene ring substituents is 1. The Morgan fingerprint density at radius 3 is 1.97 bits per heavy atom. The van der Waals surface area contributed by atoms with E-state index in [1.54, 1.807) is 12.1 Å². The van der Waals surface area contributed by atoms with E-state index in [-0.39, 0.29) is 23.4 Å². The summed E-state index contributed by atoms with van der Waals surface area (Å²) in [6, 6.07) is 22.8. The summed E-state index contributed by atoms with van der Waals surface area (Å²) in [6.07, 6.45) is 0.741. The highest BCUT2D eigenvalue weighted by Gasteiger charge is 2.53. The molecule has 1 atom stereocenters. The first-order valence-electron chi connectivity index (χ1n) is 9.72. The van der Waals surface area contributed by atoms with Gasteiger partial charge < -0.3 is 5.32 Å². The first-order valence-corrected chi connectivity index (χ1v) is 9.72. The first kappa shape index (κ1) is 17.6. The Bertz CT molecular complexity index is 1090. The molecular formula is C24H20N2O3. The van der Waals surface area contributed by atoms with Crippen molar-refractivity contribution in [1.29, 1.82) is 0 Å². The van der Waals surface area contributed by atoms with Crippen molar-refractivity contribution < 1.29 is 9.72 Å². The molecule has 0 aromatic heterocycles. The molecule has 1 amide bonds. The van der Waals surface area contributed by atoms with Crippen LogP contribution in [-0.4, -0.2) is 10.8 Å². The monoisotopic (exact) mass is 384 g/mol. The predicted molar refractivity (Wildman–Crippen MR) is 111 cm³/mol. The Morgan fingerprint density at radius 2 is 1.45 bits per heavy atom. The van der Waals surface area contributed by atoms with E-state index in [4.69, 9.17) is 0 Å². The number of hydrogen-bond donors (Lipinski definition) is 1. The lowest BCUT2D eigenvalue weighted by molar-refractivity contribution is -0.384. The van der Waals surface area contributed by atoms with Gasteiger partial charge in [-0.05, 0) is 47.7 Å². The molecule has 0 saturated heterocycles. The zero-order valence-corrected chi connectivity index (χ0v) is 16.0. The smallest absolute Gasteiger partial charge is 0.269 e. The van der Waals surface area contributed by atoms with E-state index in [0.717, 1.165) is 6.42 Å². The number of anilines is 1. The molecule has 0 heterocycles. The molecule has 1 N–H and O–H groups in total. The minimum absolute atomic E-state index is 0.00814. The van der Waals surface area contributed by atoms with E-state index < -0.39 is 10.3 Å². The number of rotatable bonds is 3. The summed E-state index contributed by atoms with van der Waals surface area (Å²) in [5.41, 5.74) is 5.06. The molecular weight excluding hydrogens is 364 g/mol. The number of nitrogens with one attached hydrogen (secondary N) is 1. The van der Waals surface area contributed by atoms with E-state index in [1.165, 1.54) is 34.4 Å². The van der Waals surface area contributed by atoms with Crippen molar-refractivity contribution in [3.8, 4) is 0 Å². The van der Waals surface area contributed by atoms with Crippen molar-refractivity contribution in [2.24, 2.45) is 5.41 Å². The van der Waals surface area contributed by atoms with Crippen LogP contribution in [0.5, 0.6) is 0 Å². The number of carbonyl (C=O) groups excluding carboxylic acids is 1. The van der Waals surface area contributed by atoms with Crippen LogP contribution >= 0.6 is 0 Å². The maximum Gasteiger partial charge on any atom is 0.269 e. The molecule has 0 spiro atoms. The fourth-order valence-corrected chi connectivity index (χ4v) is 5.13. The summed E-state index contributed by atoms with van der Waals surface area (Å²) in [5, 5.41) is 13.9. The standard InChI is InChI=1S/C24H20N2O3/c1-24(23(27)25-15-10-12-16(13-11-15)26(28)29)14-21-17-6-2-4-8-19(17)22(24)20-9-5-3-7-18(20)21/h2-13,21-22H,14H2,1H3,(H,25,27)/t21?,22?,24-/m0/s1. The molecule has 0 fully saturated rings. The van der Waals surface area contributed by atoms with Gasteiger partial charge in [0, 0.05) is 29.7 Å². The van der Waals surface area contributed by atoms with Crippen LogP contribution in [-0.2, 0) is 4.79 Å². The SMILES string of the molecule is C[C@]1(C(=O)Nc2ccc([N+](=O)[O-])cc2)CC2c3ccccc3C1c1ccccc12. The molecule has 0 aliphatic heterocycles. The number of nitro groups is 1. The number of benzene rings is 3. The predicted octanol–water partition coefficient (Wildman–Crippen LogP) is 5.22. The van der Waals surface area contributed by atoms with E-state index in [0.29, 0.717) is 5.69 Å². The van der Waals surface area contributed by atoms with Gasteiger partial charge in [-0.25, -0.2) is 0 Å². The topological polar surface area (TPSA) is 72.2 Å². The molecule has 0 saturated carbocycles. The zero-order chi connectivity index (χ0) is 20.2. The van der Waals surface area contributed by atoms with Crippen LogP contribution in [0.15, 0.2) is 72.8 Å². The molecule has 3 aromatic rings. The summed E-state index contributed by atoms with van der Waals surface area (Å²) in [5.74, 6) is 0.128. The zero-order valence-electron chi connectivity index (χ0n) is 16.0. The fourth-order valence-electron chi connectivity index (χ4n) is 5.13. The molecule has 6 rings (SSSR count). The van der Waals surface area contributed by atoms with Crippen molar-refractivity contribution >= 4 is 17.3 Å². The van der Waals surface area contributed by atoms with Gasteiger partial charge in [0.05, 0.1) is 10.3 Å². The van der Waals surface area contributed by atoms with Gasteiger partial charge in [0.2, 0.25) is 5.91 Å². The summed E-state index contributed by atoms with van der Waals surface area (Å²) in [7, 11) is 0. The Labute approximate surface area is 168 Å². The highest BCUT2D eigenvalue weighted by atomic mass is 16.6. The minimum Gasteiger partial charge on any atom is -0.326 e. The second-order valence-electron chi connectivity index (χ2n) is 8.12. The van der Waals surface area contributed by atoms with Crippen LogP contribution in [0.1, 0.15) is 47.4 Å². The Morgan fingerprint density at radius 1 is 0.931 bits per heavy atom. The maximum absolute atomic E-state index is 13.5. The number of non-ortho nitro benzene ring substituents is 1.